The zero-order valence-corrected chi connectivity index (χ0v) is 13.9. The summed E-state index contributed by atoms with van der Waals surface area (Å²) < 4.78 is 8.37. The van der Waals surface area contributed by atoms with Crippen LogP contribution in [-0.2, 0) is 22.4 Å². The molecular weight excluding hydrogens is 385 g/mol. The minimum atomic E-state index is 0.416. The SMILES string of the molecule is C[S+](C)CCOCn1nc(I)c2cc(Cl)ncc21. The van der Waals surface area contributed by atoms with Gasteiger partial charge in [-0.15, -0.1) is 0 Å². The van der Waals surface area contributed by atoms with Crippen LogP contribution < -0.4 is 0 Å². The largest absolute Gasteiger partial charge is 0.354 e. The highest BCUT2D eigenvalue weighted by Gasteiger charge is 2.10. The van der Waals surface area contributed by atoms with Crippen molar-refractivity contribution < 1.29 is 4.74 Å². The molecule has 0 saturated carbocycles. The molecule has 2 heterocycles. The molecule has 0 atom stereocenters. The molecule has 98 valence electrons. The molecule has 18 heavy (non-hydrogen) atoms. The first-order valence-electron chi connectivity index (χ1n) is 5.37. The van der Waals surface area contributed by atoms with Crippen LogP contribution >= 0.6 is 34.2 Å². The Morgan fingerprint density at radius 2 is 2.28 bits per heavy atom. The summed E-state index contributed by atoms with van der Waals surface area (Å²) in [5, 5.41) is 5.94. The Kier molecular flexibility index (Phi) is 5.11. The fourth-order valence-corrected chi connectivity index (χ4v) is 2.78. The van der Waals surface area contributed by atoms with Crippen molar-refractivity contribution in [3.05, 3.63) is 21.1 Å². The molecule has 2 aromatic heterocycles. The Balaban J connectivity index is 2.09. The number of rotatable bonds is 5. The minimum Gasteiger partial charge on any atom is -0.354 e. The number of hydrogen-bond acceptors (Lipinski definition) is 3. The van der Waals surface area contributed by atoms with Crippen molar-refractivity contribution in [2.45, 2.75) is 6.73 Å². The Morgan fingerprint density at radius 1 is 1.50 bits per heavy atom. The first-order valence-corrected chi connectivity index (χ1v) is 9.04. The van der Waals surface area contributed by atoms with Gasteiger partial charge in [0.15, 0.2) is 0 Å². The second kappa shape index (κ2) is 6.40. The molecule has 0 N–H and O–H groups in total. The van der Waals surface area contributed by atoms with Crippen LogP contribution in [-0.4, -0.2) is 39.6 Å². The lowest BCUT2D eigenvalue weighted by Crippen LogP contribution is -2.12. The summed E-state index contributed by atoms with van der Waals surface area (Å²) in [5.41, 5.74) is 0.954. The van der Waals surface area contributed by atoms with Crippen LogP contribution in [0.3, 0.4) is 0 Å². The van der Waals surface area contributed by atoms with Gasteiger partial charge in [-0.1, -0.05) is 11.6 Å². The van der Waals surface area contributed by atoms with Crippen LogP contribution in [0.1, 0.15) is 0 Å². The summed E-state index contributed by atoms with van der Waals surface area (Å²) in [5.74, 6) is 1.08. The van der Waals surface area contributed by atoms with Gasteiger partial charge in [0.05, 0.1) is 30.8 Å². The van der Waals surface area contributed by atoms with E-state index in [2.05, 4.69) is 45.2 Å². The maximum atomic E-state index is 5.88. The first-order chi connectivity index (χ1) is 8.58. The van der Waals surface area contributed by atoms with E-state index in [0.29, 0.717) is 22.8 Å². The van der Waals surface area contributed by atoms with E-state index in [0.717, 1.165) is 27.0 Å². The normalized spacial score (nSPS) is 11.6. The number of fused-ring (bicyclic) bond motifs is 1. The molecular formula is C11H14ClIN3OS+. The van der Waals surface area contributed by atoms with E-state index in [4.69, 9.17) is 16.3 Å². The van der Waals surface area contributed by atoms with Crippen LogP contribution in [0.25, 0.3) is 10.9 Å². The third-order valence-corrected chi connectivity index (χ3v) is 4.39. The molecule has 0 aliphatic carbocycles. The quantitative estimate of drug-likeness (QED) is 0.336. The highest BCUT2D eigenvalue weighted by atomic mass is 127. The van der Waals surface area contributed by atoms with Crippen LogP contribution in [0, 0.1) is 3.70 Å². The molecule has 0 fully saturated rings. The van der Waals surface area contributed by atoms with Crippen molar-refractivity contribution in [1.29, 1.82) is 0 Å². The molecule has 7 heteroatoms. The number of pyridine rings is 1. The van der Waals surface area contributed by atoms with E-state index in [-0.39, 0.29) is 0 Å². The van der Waals surface area contributed by atoms with Gasteiger partial charge in [0.25, 0.3) is 0 Å². The lowest BCUT2D eigenvalue weighted by molar-refractivity contribution is 0.0838. The summed E-state index contributed by atoms with van der Waals surface area (Å²) in [6.45, 7) is 1.22. The van der Waals surface area contributed by atoms with Gasteiger partial charge < -0.3 is 4.74 Å². The molecule has 0 bridgehead atoms. The lowest BCUT2D eigenvalue weighted by Gasteiger charge is -2.04. The topological polar surface area (TPSA) is 39.9 Å². The van der Waals surface area contributed by atoms with E-state index < -0.39 is 0 Å². The average Bonchev–Trinajstić information content (AvgIpc) is 2.61. The number of ether oxygens (including phenoxy) is 1. The summed E-state index contributed by atoms with van der Waals surface area (Å²) in [6.07, 6.45) is 6.16. The molecule has 0 amide bonds. The average molecular weight is 399 g/mol. The zero-order chi connectivity index (χ0) is 13.1. The molecule has 0 saturated heterocycles. The van der Waals surface area contributed by atoms with Gasteiger partial charge >= 0.3 is 0 Å². The van der Waals surface area contributed by atoms with Gasteiger partial charge in [-0.2, -0.15) is 5.10 Å². The summed E-state index contributed by atoms with van der Waals surface area (Å²) in [6, 6.07) is 1.83. The molecule has 0 unspecified atom stereocenters. The molecule has 0 aliphatic rings. The van der Waals surface area contributed by atoms with Gasteiger partial charge in [0.1, 0.15) is 21.3 Å². The predicted molar refractivity (Wildman–Crippen MR) is 85.3 cm³/mol. The van der Waals surface area contributed by atoms with Crippen molar-refractivity contribution in [3.8, 4) is 0 Å². The first kappa shape index (κ1) is 14.4. The van der Waals surface area contributed by atoms with Gasteiger partial charge in [-0.25, -0.2) is 9.67 Å². The molecule has 2 aromatic rings. The third-order valence-electron chi connectivity index (χ3n) is 2.41. The van der Waals surface area contributed by atoms with Crippen LogP contribution in [0.15, 0.2) is 12.3 Å². The monoisotopic (exact) mass is 398 g/mol. The van der Waals surface area contributed by atoms with Gasteiger partial charge in [0, 0.05) is 5.39 Å². The van der Waals surface area contributed by atoms with E-state index >= 15 is 0 Å². The second-order valence-electron chi connectivity index (χ2n) is 4.04. The summed E-state index contributed by atoms with van der Waals surface area (Å²) in [7, 11) is 0.416. The van der Waals surface area contributed by atoms with Crippen LogP contribution in [0.4, 0.5) is 0 Å². The Hall–Kier alpha value is -0.0500. The molecule has 0 spiro atoms. The van der Waals surface area contributed by atoms with Gasteiger partial charge in [-0.3, -0.25) is 0 Å². The van der Waals surface area contributed by atoms with Gasteiger partial charge in [-0.05, 0) is 39.6 Å². The van der Waals surface area contributed by atoms with Crippen LogP contribution in [0.2, 0.25) is 5.15 Å². The van der Waals surface area contributed by atoms with Crippen molar-refractivity contribution in [2.24, 2.45) is 0 Å². The molecule has 2 rings (SSSR count). The predicted octanol–water partition coefficient (Wildman–Crippen LogP) is 2.54. The molecule has 4 nitrogen and oxygen atoms in total. The van der Waals surface area contributed by atoms with Gasteiger partial charge in [0.2, 0.25) is 0 Å². The fraction of sp³-hybridized carbons (Fsp3) is 0.455. The van der Waals surface area contributed by atoms with E-state index in [1.807, 2.05) is 10.7 Å². The highest BCUT2D eigenvalue weighted by molar-refractivity contribution is 14.1. The molecule has 0 radical (unpaired) electrons. The minimum absolute atomic E-state index is 0.416. The number of nitrogens with zero attached hydrogens (tertiary/aromatic N) is 3. The number of halogens is 2. The van der Waals surface area contributed by atoms with Crippen LogP contribution in [0.5, 0.6) is 0 Å². The summed E-state index contributed by atoms with van der Waals surface area (Å²) in [4.78, 5) is 4.08. The fourth-order valence-electron chi connectivity index (χ4n) is 1.48. The molecule has 0 aromatic carbocycles. The molecule has 0 aliphatic heterocycles. The van der Waals surface area contributed by atoms with E-state index in [1.165, 1.54) is 0 Å². The smallest absolute Gasteiger partial charge is 0.140 e. The third kappa shape index (κ3) is 3.49. The lowest BCUT2D eigenvalue weighted by atomic mass is 10.3. The Labute approximate surface area is 128 Å². The highest BCUT2D eigenvalue weighted by Crippen LogP contribution is 2.22. The number of aromatic nitrogens is 3. The van der Waals surface area contributed by atoms with Crippen molar-refractivity contribution in [2.75, 3.05) is 24.9 Å². The van der Waals surface area contributed by atoms with Crippen molar-refractivity contribution >= 4 is 56.0 Å². The van der Waals surface area contributed by atoms with E-state index in [9.17, 15) is 0 Å². The maximum Gasteiger partial charge on any atom is 0.140 e. The Morgan fingerprint density at radius 3 is 3.00 bits per heavy atom. The van der Waals surface area contributed by atoms with Crippen molar-refractivity contribution in [3.63, 3.8) is 0 Å². The zero-order valence-electron chi connectivity index (χ0n) is 10.2. The summed E-state index contributed by atoms with van der Waals surface area (Å²) >= 11 is 8.07. The van der Waals surface area contributed by atoms with Crippen molar-refractivity contribution in [1.82, 2.24) is 14.8 Å². The maximum absolute atomic E-state index is 5.88. The standard InChI is InChI=1S/C11H14ClIN3OS/c1-18(2)4-3-17-7-16-9-6-14-10(12)5-8(9)11(13)15-16/h5-6H,3-4,7H2,1-2H3/q+1. The number of hydrogen-bond donors (Lipinski definition) is 0. The van der Waals surface area contributed by atoms with E-state index in [1.54, 1.807) is 6.20 Å². The second-order valence-corrected chi connectivity index (χ2v) is 7.83. The Bertz CT molecular complexity index is 546.